The van der Waals surface area contributed by atoms with Gasteiger partial charge in [-0.15, -0.1) is 11.3 Å². The number of nitrogens with zero attached hydrogens (tertiary/aromatic N) is 2. The molecule has 6 heteroatoms. The first-order valence-corrected chi connectivity index (χ1v) is 10.3. The molecule has 1 aliphatic carbocycles. The molecule has 2 aliphatic rings. The number of carbonyl (C=O) groups excluding carboxylic acids is 1. The van der Waals surface area contributed by atoms with Crippen LogP contribution < -0.4 is 5.32 Å². The molecule has 0 radical (unpaired) electrons. The van der Waals surface area contributed by atoms with Gasteiger partial charge in [0.05, 0.1) is 11.3 Å². The van der Waals surface area contributed by atoms with E-state index in [9.17, 15) is 4.79 Å². The molecule has 5 rings (SSSR count). The van der Waals surface area contributed by atoms with Gasteiger partial charge in [0.1, 0.15) is 11.2 Å². The maximum atomic E-state index is 13.1. The molecule has 0 saturated heterocycles. The molecule has 1 atom stereocenters. The van der Waals surface area contributed by atoms with Crippen molar-refractivity contribution in [2.45, 2.75) is 25.0 Å². The number of para-hydroxylation sites is 1. The van der Waals surface area contributed by atoms with Gasteiger partial charge in [-0.2, -0.15) is 0 Å². The van der Waals surface area contributed by atoms with E-state index >= 15 is 0 Å². The Hall–Kier alpha value is -2.18. The summed E-state index contributed by atoms with van der Waals surface area (Å²) in [5, 5.41) is 6.55. The van der Waals surface area contributed by atoms with Gasteiger partial charge in [0.2, 0.25) is 0 Å². The Morgan fingerprint density at radius 2 is 2.00 bits per heavy atom. The van der Waals surface area contributed by atoms with Gasteiger partial charge < -0.3 is 10.2 Å². The molecule has 1 amide bonds. The highest BCUT2D eigenvalue weighted by Gasteiger charge is 2.42. The van der Waals surface area contributed by atoms with Crippen LogP contribution in [-0.4, -0.2) is 21.8 Å². The Labute approximate surface area is 164 Å². The van der Waals surface area contributed by atoms with Gasteiger partial charge in [-0.3, -0.25) is 4.79 Å². The second-order valence-electron chi connectivity index (χ2n) is 6.62. The number of thiazole rings is 1. The van der Waals surface area contributed by atoms with Crippen LogP contribution in [0.15, 0.2) is 58.4 Å². The van der Waals surface area contributed by atoms with Gasteiger partial charge in [0, 0.05) is 27.1 Å². The molecule has 1 aromatic heterocycles. The number of hydrogen-bond donors (Lipinski definition) is 1. The van der Waals surface area contributed by atoms with E-state index in [4.69, 9.17) is 4.98 Å². The second kappa shape index (κ2) is 6.21. The summed E-state index contributed by atoms with van der Waals surface area (Å²) in [7, 11) is 0. The number of halogens is 1. The lowest BCUT2D eigenvalue weighted by Gasteiger charge is -2.37. The molecule has 0 unspecified atom stereocenters. The van der Waals surface area contributed by atoms with Crippen LogP contribution in [0, 0.1) is 0 Å². The van der Waals surface area contributed by atoms with Gasteiger partial charge in [-0.05, 0) is 37.1 Å². The Morgan fingerprint density at radius 3 is 2.81 bits per heavy atom. The van der Waals surface area contributed by atoms with E-state index in [1.54, 1.807) is 11.3 Å². The summed E-state index contributed by atoms with van der Waals surface area (Å²) in [5.74, 6) is 0.101. The van der Waals surface area contributed by atoms with E-state index < -0.39 is 0 Å². The average molecular weight is 426 g/mol. The lowest BCUT2D eigenvalue weighted by molar-refractivity contribution is 0.0663. The van der Waals surface area contributed by atoms with E-state index in [0.717, 1.165) is 44.8 Å². The maximum absolute atomic E-state index is 13.1. The normalized spacial score (nSPS) is 19.2. The van der Waals surface area contributed by atoms with Crippen LogP contribution in [-0.2, 0) is 0 Å². The van der Waals surface area contributed by atoms with E-state index in [0.29, 0.717) is 6.04 Å². The Bertz CT molecular complexity index is 998. The number of carbonyl (C=O) groups is 1. The third kappa shape index (κ3) is 2.73. The van der Waals surface area contributed by atoms with E-state index in [1.807, 2.05) is 41.3 Å². The van der Waals surface area contributed by atoms with Crippen LogP contribution in [0.1, 0.15) is 35.1 Å². The van der Waals surface area contributed by atoms with Gasteiger partial charge >= 0.3 is 0 Å². The lowest BCUT2D eigenvalue weighted by Crippen LogP contribution is -2.44. The number of fused-ring (bicyclic) bond motifs is 1. The summed E-state index contributed by atoms with van der Waals surface area (Å²) in [4.78, 5) is 19.9. The van der Waals surface area contributed by atoms with Crippen molar-refractivity contribution in [1.29, 1.82) is 0 Å². The monoisotopic (exact) mass is 425 g/mol. The zero-order chi connectivity index (χ0) is 17.7. The van der Waals surface area contributed by atoms with E-state index in [2.05, 4.69) is 38.8 Å². The minimum Gasteiger partial charge on any atom is -0.359 e. The topological polar surface area (TPSA) is 45.2 Å². The molecule has 0 spiro atoms. The van der Waals surface area contributed by atoms with Gasteiger partial charge in [-0.25, -0.2) is 4.98 Å². The van der Waals surface area contributed by atoms with Crippen LogP contribution in [0.4, 0.5) is 5.69 Å². The van der Waals surface area contributed by atoms with Crippen LogP contribution in [0.2, 0.25) is 0 Å². The molecule has 2 heterocycles. The molecular formula is C20H16BrN3OS. The van der Waals surface area contributed by atoms with Crippen LogP contribution >= 0.6 is 27.3 Å². The van der Waals surface area contributed by atoms with Crippen molar-refractivity contribution in [2.75, 3.05) is 5.32 Å². The zero-order valence-corrected chi connectivity index (χ0v) is 16.3. The van der Waals surface area contributed by atoms with Crippen LogP contribution in [0.25, 0.3) is 10.6 Å². The summed E-state index contributed by atoms with van der Waals surface area (Å²) in [6, 6.07) is 16.2. The predicted octanol–water partition coefficient (Wildman–Crippen LogP) is 5.30. The first-order chi connectivity index (χ1) is 12.7. The fraction of sp³-hybridized carbons (Fsp3) is 0.200. The molecule has 1 fully saturated rings. The van der Waals surface area contributed by atoms with Crippen molar-refractivity contribution in [1.82, 2.24) is 9.88 Å². The number of nitrogens with one attached hydrogen (secondary N) is 1. The van der Waals surface area contributed by atoms with Crippen molar-refractivity contribution in [3.8, 4) is 10.6 Å². The zero-order valence-electron chi connectivity index (χ0n) is 13.9. The minimum absolute atomic E-state index is 0.101. The summed E-state index contributed by atoms with van der Waals surface area (Å²) in [6.45, 7) is 0. The quantitative estimate of drug-likeness (QED) is 0.618. The van der Waals surface area contributed by atoms with Gasteiger partial charge in [-0.1, -0.05) is 40.2 Å². The van der Waals surface area contributed by atoms with Gasteiger partial charge in [0.25, 0.3) is 5.91 Å². The third-order valence-electron chi connectivity index (χ3n) is 4.78. The molecular weight excluding hydrogens is 410 g/mol. The summed E-state index contributed by atoms with van der Waals surface area (Å²) >= 11 is 5.13. The summed E-state index contributed by atoms with van der Waals surface area (Å²) in [5.41, 5.74) is 3.62. The standard InChI is InChI=1S/C20H16BrN3OS/c21-13-5-3-4-12(10-13)19-23-17(11-26-19)18-22-16-7-2-1-6-15(16)20(25)24(18)14-8-9-14/h1-7,10-11,14,18,22H,8-9H2/t18-/m0/s1. The highest BCUT2D eigenvalue weighted by molar-refractivity contribution is 9.10. The van der Waals surface area contributed by atoms with Crippen molar-refractivity contribution < 1.29 is 4.79 Å². The highest BCUT2D eigenvalue weighted by atomic mass is 79.9. The number of benzene rings is 2. The number of rotatable bonds is 3. The molecule has 2 aromatic carbocycles. The minimum atomic E-state index is -0.206. The van der Waals surface area contributed by atoms with Crippen molar-refractivity contribution >= 4 is 38.9 Å². The Morgan fingerprint density at radius 1 is 1.15 bits per heavy atom. The lowest BCUT2D eigenvalue weighted by atomic mass is 10.1. The molecule has 4 nitrogen and oxygen atoms in total. The fourth-order valence-electron chi connectivity index (χ4n) is 3.38. The predicted molar refractivity (Wildman–Crippen MR) is 107 cm³/mol. The molecule has 3 aromatic rings. The largest absolute Gasteiger partial charge is 0.359 e. The second-order valence-corrected chi connectivity index (χ2v) is 8.40. The smallest absolute Gasteiger partial charge is 0.258 e. The molecule has 26 heavy (non-hydrogen) atoms. The van der Waals surface area contributed by atoms with Crippen molar-refractivity contribution in [3.05, 3.63) is 69.6 Å². The summed E-state index contributed by atoms with van der Waals surface area (Å²) < 4.78 is 1.03. The molecule has 0 bridgehead atoms. The summed E-state index contributed by atoms with van der Waals surface area (Å²) in [6.07, 6.45) is 1.92. The van der Waals surface area contributed by atoms with Crippen molar-refractivity contribution in [2.24, 2.45) is 0 Å². The van der Waals surface area contributed by atoms with E-state index in [1.165, 1.54) is 0 Å². The number of anilines is 1. The average Bonchev–Trinajstić information content (AvgIpc) is 3.37. The molecule has 1 N–H and O–H groups in total. The van der Waals surface area contributed by atoms with Gasteiger partial charge in [0.15, 0.2) is 0 Å². The number of hydrogen-bond acceptors (Lipinski definition) is 4. The first-order valence-electron chi connectivity index (χ1n) is 8.60. The first kappa shape index (κ1) is 16.0. The number of aromatic nitrogens is 1. The SMILES string of the molecule is O=C1c2ccccc2N[C@H](c2csc(-c3cccc(Br)c3)n2)N1C1CC1. The molecule has 130 valence electrons. The fourth-order valence-corrected chi connectivity index (χ4v) is 4.61. The van der Waals surface area contributed by atoms with Crippen LogP contribution in [0.5, 0.6) is 0 Å². The Balaban J connectivity index is 1.54. The van der Waals surface area contributed by atoms with Crippen molar-refractivity contribution in [3.63, 3.8) is 0 Å². The highest BCUT2D eigenvalue weighted by Crippen LogP contribution is 2.41. The molecule has 1 saturated carbocycles. The third-order valence-corrected chi connectivity index (χ3v) is 6.18. The maximum Gasteiger partial charge on any atom is 0.258 e. The van der Waals surface area contributed by atoms with E-state index in [-0.39, 0.29) is 12.1 Å². The molecule has 1 aliphatic heterocycles. The number of amides is 1. The van der Waals surface area contributed by atoms with Crippen LogP contribution in [0.3, 0.4) is 0 Å². The Kier molecular flexibility index (Phi) is 3.83.